The zero-order valence-electron chi connectivity index (χ0n) is 16.7. The van der Waals surface area contributed by atoms with Crippen LogP contribution in [0, 0.1) is 0 Å². The topological polar surface area (TPSA) is 98.2 Å². The van der Waals surface area contributed by atoms with Crippen LogP contribution in [0.3, 0.4) is 0 Å². The Morgan fingerprint density at radius 2 is 1.97 bits per heavy atom. The number of methoxy groups -OCH3 is 1. The number of rotatable bonds is 4. The summed E-state index contributed by atoms with van der Waals surface area (Å²) in [6, 6.07) is 11.2. The molecule has 0 bridgehead atoms. The van der Waals surface area contributed by atoms with Crippen molar-refractivity contribution >= 4 is 32.7 Å². The van der Waals surface area contributed by atoms with Gasteiger partial charge in [-0.25, -0.2) is 4.68 Å². The minimum atomic E-state index is 0.0122. The number of morpholine rings is 1. The van der Waals surface area contributed by atoms with E-state index in [0.29, 0.717) is 43.3 Å². The fourth-order valence-electron chi connectivity index (χ4n) is 3.57. The number of amides is 1. The number of H-pyrrole nitrogens is 1. The molecule has 31 heavy (non-hydrogen) atoms. The highest BCUT2D eigenvalue weighted by Gasteiger charge is 2.19. The third-order valence-electron chi connectivity index (χ3n) is 5.25. The molecular formula is C21H19BrN6O3. The highest BCUT2D eigenvalue weighted by Crippen LogP contribution is 2.33. The summed E-state index contributed by atoms with van der Waals surface area (Å²) < 4.78 is 13.1. The average Bonchev–Trinajstić information content (AvgIpc) is 3.45. The summed E-state index contributed by atoms with van der Waals surface area (Å²) in [4.78, 5) is 14.4. The molecule has 0 unspecified atom stereocenters. The number of aromatic nitrogens is 5. The summed E-state index contributed by atoms with van der Waals surface area (Å²) >= 11 is 3.51. The molecule has 158 valence electrons. The molecule has 0 saturated carbocycles. The van der Waals surface area contributed by atoms with Crippen LogP contribution >= 0.6 is 15.9 Å². The van der Waals surface area contributed by atoms with Crippen molar-refractivity contribution in [2.24, 2.45) is 0 Å². The summed E-state index contributed by atoms with van der Waals surface area (Å²) in [5, 5.41) is 16.8. The zero-order chi connectivity index (χ0) is 21.4. The first-order valence-corrected chi connectivity index (χ1v) is 10.5. The molecule has 0 atom stereocenters. The number of nitrogens with zero attached hydrogens (tertiary/aromatic N) is 5. The minimum Gasteiger partial charge on any atom is -0.495 e. The maximum absolute atomic E-state index is 12.6. The van der Waals surface area contributed by atoms with E-state index in [0.717, 1.165) is 26.8 Å². The standard InChI is InChI=1S/C21H19BrN6O3/c1-30-19-11-17-15(10-16(19)22)20(25-23-17)18-12-28(26-24-18)14-4-2-13(3-5-14)21(29)27-6-8-31-9-7-27/h2-5,10-12H,6-9H2,1H3,(H,23,25). The van der Waals surface area contributed by atoms with Gasteiger partial charge in [-0.2, -0.15) is 5.10 Å². The van der Waals surface area contributed by atoms with Gasteiger partial charge in [0, 0.05) is 30.1 Å². The number of carbonyl (C=O) groups excluding carboxylic acids is 1. The molecular weight excluding hydrogens is 464 g/mol. The Kier molecular flexibility index (Phi) is 5.16. The average molecular weight is 483 g/mol. The van der Waals surface area contributed by atoms with Crippen molar-refractivity contribution in [3.63, 3.8) is 0 Å². The highest BCUT2D eigenvalue weighted by atomic mass is 79.9. The minimum absolute atomic E-state index is 0.0122. The fourth-order valence-corrected chi connectivity index (χ4v) is 4.08. The molecule has 4 aromatic rings. The Balaban J connectivity index is 1.40. The van der Waals surface area contributed by atoms with Gasteiger partial charge in [0.25, 0.3) is 5.91 Å². The van der Waals surface area contributed by atoms with Crippen LogP contribution in [0.5, 0.6) is 5.75 Å². The van der Waals surface area contributed by atoms with Crippen molar-refractivity contribution in [3.8, 4) is 22.8 Å². The van der Waals surface area contributed by atoms with Crippen molar-refractivity contribution in [2.45, 2.75) is 0 Å². The predicted octanol–water partition coefficient (Wildman–Crippen LogP) is 3.05. The van der Waals surface area contributed by atoms with Crippen LogP contribution in [0.4, 0.5) is 0 Å². The molecule has 9 nitrogen and oxygen atoms in total. The molecule has 2 aromatic heterocycles. The maximum atomic E-state index is 12.6. The second kappa shape index (κ2) is 8.12. The van der Waals surface area contributed by atoms with Crippen molar-refractivity contribution < 1.29 is 14.3 Å². The Morgan fingerprint density at radius 3 is 2.71 bits per heavy atom. The number of benzene rings is 2. The van der Waals surface area contributed by atoms with Crippen LogP contribution in [0.2, 0.25) is 0 Å². The number of ether oxygens (including phenoxy) is 2. The Bertz CT molecular complexity index is 1240. The van der Waals surface area contributed by atoms with Crippen LogP contribution in [0.1, 0.15) is 10.4 Å². The summed E-state index contributed by atoms with van der Waals surface area (Å²) in [5.74, 6) is 0.733. The van der Waals surface area contributed by atoms with Crippen LogP contribution < -0.4 is 4.74 Å². The molecule has 0 aliphatic carbocycles. The van der Waals surface area contributed by atoms with E-state index in [1.807, 2.05) is 47.5 Å². The molecule has 1 aliphatic rings. The van der Waals surface area contributed by atoms with E-state index in [2.05, 4.69) is 36.4 Å². The highest BCUT2D eigenvalue weighted by molar-refractivity contribution is 9.10. The summed E-state index contributed by atoms with van der Waals surface area (Å²) in [6.07, 6.45) is 1.81. The van der Waals surface area contributed by atoms with E-state index in [1.165, 1.54) is 0 Å². The van der Waals surface area contributed by atoms with Crippen molar-refractivity contribution in [3.05, 3.63) is 52.6 Å². The lowest BCUT2D eigenvalue weighted by molar-refractivity contribution is 0.0303. The molecule has 1 N–H and O–H groups in total. The Morgan fingerprint density at radius 1 is 1.19 bits per heavy atom. The van der Waals surface area contributed by atoms with Crippen molar-refractivity contribution in [2.75, 3.05) is 33.4 Å². The number of halogens is 1. The van der Waals surface area contributed by atoms with E-state index >= 15 is 0 Å². The lowest BCUT2D eigenvalue weighted by atomic mass is 10.1. The monoisotopic (exact) mass is 482 g/mol. The number of hydrogen-bond donors (Lipinski definition) is 1. The third kappa shape index (κ3) is 3.68. The van der Waals surface area contributed by atoms with Crippen molar-refractivity contribution in [1.82, 2.24) is 30.1 Å². The summed E-state index contributed by atoms with van der Waals surface area (Å²) in [7, 11) is 1.62. The van der Waals surface area contributed by atoms with Crippen molar-refractivity contribution in [1.29, 1.82) is 0 Å². The van der Waals surface area contributed by atoms with Gasteiger partial charge in [0.15, 0.2) is 0 Å². The van der Waals surface area contributed by atoms with Crippen LogP contribution in [0.15, 0.2) is 47.1 Å². The molecule has 1 amide bonds. The Labute approximate surface area is 186 Å². The van der Waals surface area contributed by atoms with E-state index < -0.39 is 0 Å². The smallest absolute Gasteiger partial charge is 0.254 e. The molecule has 1 fully saturated rings. The van der Waals surface area contributed by atoms with E-state index in [9.17, 15) is 4.79 Å². The van der Waals surface area contributed by atoms with Gasteiger partial charge in [0.2, 0.25) is 0 Å². The second-order valence-electron chi connectivity index (χ2n) is 7.10. The maximum Gasteiger partial charge on any atom is 0.254 e. The van der Waals surface area contributed by atoms with Gasteiger partial charge in [-0.3, -0.25) is 9.89 Å². The number of aromatic amines is 1. The van der Waals surface area contributed by atoms with Crippen LogP contribution in [0.25, 0.3) is 28.0 Å². The van der Waals surface area contributed by atoms with Gasteiger partial charge < -0.3 is 14.4 Å². The van der Waals surface area contributed by atoms with Gasteiger partial charge in [0.1, 0.15) is 17.1 Å². The molecule has 1 saturated heterocycles. The molecule has 0 radical (unpaired) electrons. The van der Waals surface area contributed by atoms with Gasteiger partial charge in [-0.15, -0.1) is 5.10 Å². The van der Waals surface area contributed by atoms with Gasteiger partial charge in [-0.05, 0) is 46.3 Å². The first kappa shape index (κ1) is 19.7. The molecule has 3 heterocycles. The van der Waals surface area contributed by atoms with Gasteiger partial charge in [0.05, 0.1) is 42.2 Å². The predicted molar refractivity (Wildman–Crippen MR) is 117 cm³/mol. The Hall–Kier alpha value is -3.24. The lowest BCUT2D eigenvalue weighted by Crippen LogP contribution is -2.40. The second-order valence-corrected chi connectivity index (χ2v) is 7.96. The number of carbonyl (C=O) groups is 1. The largest absolute Gasteiger partial charge is 0.495 e. The molecule has 2 aromatic carbocycles. The lowest BCUT2D eigenvalue weighted by Gasteiger charge is -2.26. The molecule has 10 heteroatoms. The van der Waals surface area contributed by atoms with Crippen LogP contribution in [-0.4, -0.2) is 69.4 Å². The fraction of sp³-hybridized carbons (Fsp3) is 0.238. The number of hydrogen-bond acceptors (Lipinski definition) is 6. The first-order valence-electron chi connectivity index (χ1n) is 9.76. The first-order chi connectivity index (χ1) is 15.1. The zero-order valence-corrected chi connectivity index (χ0v) is 18.3. The molecule has 0 spiro atoms. The van der Waals surface area contributed by atoms with E-state index in [-0.39, 0.29) is 5.91 Å². The number of fused-ring (bicyclic) bond motifs is 1. The normalized spacial score (nSPS) is 14.2. The van der Waals surface area contributed by atoms with Gasteiger partial charge in [-0.1, -0.05) is 5.21 Å². The number of nitrogens with one attached hydrogen (secondary N) is 1. The quantitative estimate of drug-likeness (QED) is 0.479. The van der Waals surface area contributed by atoms with Crippen LogP contribution in [-0.2, 0) is 4.74 Å². The molecule has 1 aliphatic heterocycles. The summed E-state index contributed by atoms with van der Waals surface area (Å²) in [6.45, 7) is 2.40. The van der Waals surface area contributed by atoms with Gasteiger partial charge >= 0.3 is 0 Å². The summed E-state index contributed by atoms with van der Waals surface area (Å²) in [5.41, 5.74) is 3.62. The van der Waals surface area contributed by atoms with E-state index in [1.54, 1.807) is 11.8 Å². The van der Waals surface area contributed by atoms with E-state index in [4.69, 9.17) is 9.47 Å². The molecule has 5 rings (SSSR count). The SMILES string of the molecule is COc1cc2[nH]nc(-c3cn(-c4ccc(C(=O)N5CCOCC5)cc4)nn3)c2cc1Br. The third-order valence-corrected chi connectivity index (χ3v) is 5.87.